The molecule has 0 rings (SSSR count). The number of allylic oxidation sites excluding steroid dienone is 1. The lowest BCUT2D eigenvalue weighted by molar-refractivity contribution is -0.145. The fourth-order valence-corrected chi connectivity index (χ4v) is 1.83. The zero-order valence-corrected chi connectivity index (χ0v) is 13.4. The zero-order valence-electron chi connectivity index (χ0n) is 13.4. The number of carbonyl (C=O) groups excluding carboxylic acids is 2. The largest absolute Gasteiger partial charge is 0.466 e. The van der Waals surface area contributed by atoms with E-state index in [4.69, 9.17) is 4.74 Å². The number of esters is 1. The molecule has 116 valence electrons. The predicted octanol–water partition coefficient (Wildman–Crippen LogP) is 3.31. The van der Waals surface area contributed by atoms with Gasteiger partial charge >= 0.3 is 5.97 Å². The molecule has 1 atom stereocenters. The molecule has 0 bridgehead atoms. The highest BCUT2D eigenvalue weighted by Gasteiger charge is 2.19. The van der Waals surface area contributed by atoms with Crippen LogP contribution in [0.1, 0.15) is 59.8 Å². The normalized spacial score (nSPS) is 12.4. The molecule has 0 aromatic heterocycles. The molecule has 4 nitrogen and oxygen atoms in total. The molecule has 1 amide bonds. The molecule has 0 fully saturated rings. The van der Waals surface area contributed by atoms with Crippen LogP contribution in [0.25, 0.3) is 0 Å². The molecule has 4 heteroatoms. The van der Waals surface area contributed by atoms with Crippen LogP contribution in [0.5, 0.6) is 0 Å². The van der Waals surface area contributed by atoms with E-state index in [0.717, 1.165) is 25.7 Å². The van der Waals surface area contributed by atoms with E-state index in [1.54, 1.807) is 4.90 Å². The fraction of sp³-hybridized carbons (Fsp3) is 0.750. The SMILES string of the molecule is CCC/C=C/CN(C(C)=O)C(C)CC(=O)OCCCC. The Morgan fingerprint density at radius 2 is 1.90 bits per heavy atom. The lowest BCUT2D eigenvalue weighted by Crippen LogP contribution is -2.38. The summed E-state index contributed by atoms with van der Waals surface area (Å²) >= 11 is 0. The molecule has 0 saturated heterocycles. The van der Waals surface area contributed by atoms with Crippen LogP contribution in [0.15, 0.2) is 12.2 Å². The van der Waals surface area contributed by atoms with Gasteiger partial charge in [-0.25, -0.2) is 0 Å². The van der Waals surface area contributed by atoms with Gasteiger partial charge in [-0.15, -0.1) is 0 Å². The molecule has 0 saturated carbocycles. The van der Waals surface area contributed by atoms with Crippen molar-refractivity contribution < 1.29 is 14.3 Å². The van der Waals surface area contributed by atoms with E-state index in [2.05, 4.69) is 19.9 Å². The first-order valence-corrected chi connectivity index (χ1v) is 7.60. The van der Waals surface area contributed by atoms with E-state index >= 15 is 0 Å². The van der Waals surface area contributed by atoms with Gasteiger partial charge in [-0.1, -0.05) is 38.8 Å². The zero-order chi connectivity index (χ0) is 15.4. The van der Waals surface area contributed by atoms with Crippen molar-refractivity contribution in [3.63, 3.8) is 0 Å². The second-order valence-corrected chi connectivity index (χ2v) is 5.06. The van der Waals surface area contributed by atoms with Crippen molar-refractivity contribution in [2.24, 2.45) is 0 Å². The monoisotopic (exact) mass is 283 g/mol. The van der Waals surface area contributed by atoms with Crippen molar-refractivity contribution in [1.82, 2.24) is 4.90 Å². The maximum atomic E-state index is 11.7. The lowest BCUT2D eigenvalue weighted by atomic mass is 10.2. The van der Waals surface area contributed by atoms with Gasteiger partial charge in [0.2, 0.25) is 5.91 Å². The van der Waals surface area contributed by atoms with Gasteiger partial charge in [-0.05, 0) is 19.8 Å². The molecule has 0 aromatic carbocycles. The van der Waals surface area contributed by atoms with E-state index in [1.807, 2.05) is 13.0 Å². The van der Waals surface area contributed by atoms with Gasteiger partial charge in [0, 0.05) is 19.5 Å². The highest BCUT2D eigenvalue weighted by molar-refractivity contribution is 5.75. The molecular formula is C16H29NO3. The first-order chi connectivity index (χ1) is 9.52. The Bertz CT molecular complexity index is 313. The summed E-state index contributed by atoms with van der Waals surface area (Å²) in [4.78, 5) is 25.0. The van der Waals surface area contributed by atoms with Gasteiger partial charge in [0.25, 0.3) is 0 Å². The number of hydrogen-bond donors (Lipinski definition) is 0. The Kier molecular flexibility index (Phi) is 10.7. The standard InChI is InChI=1S/C16H29NO3/c1-5-7-9-10-11-17(15(4)18)14(3)13-16(19)20-12-8-6-2/h9-10,14H,5-8,11-13H2,1-4H3/b10-9+. The number of ether oxygens (including phenoxy) is 1. The summed E-state index contributed by atoms with van der Waals surface area (Å²) in [6, 6.07) is -0.132. The van der Waals surface area contributed by atoms with E-state index in [1.165, 1.54) is 6.92 Å². The second kappa shape index (κ2) is 11.5. The van der Waals surface area contributed by atoms with Crippen molar-refractivity contribution in [1.29, 1.82) is 0 Å². The molecule has 20 heavy (non-hydrogen) atoms. The summed E-state index contributed by atoms with van der Waals surface area (Å²) in [6.45, 7) is 8.61. The highest BCUT2D eigenvalue weighted by Crippen LogP contribution is 2.07. The second-order valence-electron chi connectivity index (χ2n) is 5.06. The number of rotatable bonds is 10. The van der Waals surface area contributed by atoms with Crippen molar-refractivity contribution in [2.75, 3.05) is 13.2 Å². The fourth-order valence-electron chi connectivity index (χ4n) is 1.83. The molecule has 0 heterocycles. The molecule has 0 aliphatic heterocycles. The molecule has 0 radical (unpaired) electrons. The number of amides is 1. The third-order valence-electron chi connectivity index (χ3n) is 3.08. The van der Waals surface area contributed by atoms with Crippen LogP contribution in [0.3, 0.4) is 0 Å². The van der Waals surface area contributed by atoms with Gasteiger partial charge in [-0.3, -0.25) is 9.59 Å². The van der Waals surface area contributed by atoms with Crippen LogP contribution < -0.4 is 0 Å². The molecular weight excluding hydrogens is 254 g/mol. The Morgan fingerprint density at radius 3 is 2.45 bits per heavy atom. The number of nitrogens with zero attached hydrogens (tertiary/aromatic N) is 1. The average molecular weight is 283 g/mol. The first-order valence-electron chi connectivity index (χ1n) is 7.60. The van der Waals surface area contributed by atoms with Crippen LogP contribution in [0, 0.1) is 0 Å². The number of hydrogen-bond acceptors (Lipinski definition) is 3. The Labute approximate surface area is 123 Å². The third kappa shape index (κ3) is 8.73. The van der Waals surface area contributed by atoms with E-state index < -0.39 is 0 Å². The maximum Gasteiger partial charge on any atom is 0.307 e. The summed E-state index contributed by atoms with van der Waals surface area (Å²) in [6.07, 6.45) is 8.31. The number of carbonyl (C=O) groups is 2. The molecule has 0 N–H and O–H groups in total. The maximum absolute atomic E-state index is 11.7. The van der Waals surface area contributed by atoms with Crippen LogP contribution in [0.2, 0.25) is 0 Å². The topological polar surface area (TPSA) is 46.6 Å². The van der Waals surface area contributed by atoms with Gasteiger partial charge in [0.15, 0.2) is 0 Å². The Morgan fingerprint density at radius 1 is 1.20 bits per heavy atom. The first kappa shape index (κ1) is 18.7. The van der Waals surface area contributed by atoms with Crippen LogP contribution in [-0.2, 0) is 14.3 Å². The van der Waals surface area contributed by atoms with Crippen LogP contribution in [-0.4, -0.2) is 36.0 Å². The average Bonchev–Trinajstić information content (AvgIpc) is 2.38. The summed E-state index contributed by atoms with van der Waals surface area (Å²) < 4.78 is 5.13. The van der Waals surface area contributed by atoms with Crippen LogP contribution >= 0.6 is 0 Å². The smallest absolute Gasteiger partial charge is 0.307 e. The van der Waals surface area contributed by atoms with Crippen molar-refractivity contribution in [2.45, 2.75) is 65.8 Å². The summed E-state index contributed by atoms with van der Waals surface area (Å²) in [5, 5.41) is 0. The molecule has 0 aliphatic carbocycles. The minimum Gasteiger partial charge on any atom is -0.466 e. The Hall–Kier alpha value is -1.32. The molecule has 0 aromatic rings. The molecule has 0 aliphatic rings. The summed E-state index contributed by atoms with van der Waals surface area (Å²) in [7, 11) is 0. The molecule has 0 spiro atoms. The molecule has 1 unspecified atom stereocenters. The van der Waals surface area contributed by atoms with E-state index in [0.29, 0.717) is 13.2 Å². The highest BCUT2D eigenvalue weighted by atomic mass is 16.5. The third-order valence-corrected chi connectivity index (χ3v) is 3.08. The van der Waals surface area contributed by atoms with E-state index in [9.17, 15) is 9.59 Å². The quantitative estimate of drug-likeness (QED) is 0.351. The van der Waals surface area contributed by atoms with Crippen molar-refractivity contribution in [3.05, 3.63) is 12.2 Å². The summed E-state index contributed by atoms with van der Waals surface area (Å²) in [5.41, 5.74) is 0. The van der Waals surface area contributed by atoms with Crippen molar-refractivity contribution in [3.8, 4) is 0 Å². The van der Waals surface area contributed by atoms with Gasteiger partial charge < -0.3 is 9.64 Å². The Balaban J connectivity index is 4.24. The predicted molar refractivity (Wildman–Crippen MR) is 81.4 cm³/mol. The minimum atomic E-state index is -0.227. The number of unbranched alkanes of at least 4 members (excludes halogenated alkanes) is 2. The minimum absolute atomic E-state index is 0.0139. The van der Waals surface area contributed by atoms with Crippen molar-refractivity contribution >= 4 is 11.9 Å². The van der Waals surface area contributed by atoms with Gasteiger partial charge in [0.05, 0.1) is 13.0 Å². The van der Waals surface area contributed by atoms with Gasteiger partial charge in [0.1, 0.15) is 0 Å². The summed E-state index contributed by atoms with van der Waals surface area (Å²) in [5.74, 6) is -0.241. The van der Waals surface area contributed by atoms with Gasteiger partial charge in [-0.2, -0.15) is 0 Å². The van der Waals surface area contributed by atoms with Crippen LogP contribution in [0.4, 0.5) is 0 Å². The lowest BCUT2D eigenvalue weighted by Gasteiger charge is -2.26. The van der Waals surface area contributed by atoms with E-state index in [-0.39, 0.29) is 24.3 Å².